The Morgan fingerprint density at radius 3 is 0.824 bits per heavy atom. The third kappa shape index (κ3) is 59.5. The van der Waals surface area contributed by atoms with Crippen molar-refractivity contribution in [1.82, 2.24) is 0 Å². The van der Waals surface area contributed by atoms with Gasteiger partial charge in [0.05, 0.1) is 0 Å². The summed E-state index contributed by atoms with van der Waals surface area (Å²) in [6, 6.07) is 0. The topological polar surface area (TPSA) is 78.9 Å². The number of hydrogen-bond donors (Lipinski definition) is 0. The Hall–Kier alpha value is -3.41. The number of rotatable bonds is 57. The van der Waals surface area contributed by atoms with Gasteiger partial charge in [0, 0.05) is 19.3 Å². The molecule has 0 aromatic rings. The van der Waals surface area contributed by atoms with Crippen LogP contribution >= 0.6 is 0 Å². The van der Waals surface area contributed by atoms with Crippen molar-refractivity contribution in [2.75, 3.05) is 13.2 Å². The molecule has 1 unspecified atom stereocenters. The number of esters is 3. The Morgan fingerprint density at radius 2 is 0.527 bits per heavy atom. The van der Waals surface area contributed by atoms with Gasteiger partial charge in [0.2, 0.25) is 0 Å². The molecule has 6 heteroatoms. The minimum absolute atomic E-state index is 0.0799. The van der Waals surface area contributed by atoms with Gasteiger partial charge < -0.3 is 14.2 Å². The molecule has 74 heavy (non-hydrogen) atoms. The molecule has 0 heterocycles. The molecule has 0 spiro atoms. The quantitative estimate of drug-likeness (QED) is 0.0261. The van der Waals surface area contributed by atoms with Crippen LogP contribution in [0.3, 0.4) is 0 Å². The van der Waals surface area contributed by atoms with Gasteiger partial charge in [0.25, 0.3) is 0 Å². The maximum atomic E-state index is 12.9. The lowest BCUT2D eigenvalue weighted by Gasteiger charge is -2.18. The van der Waals surface area contributed by atoms with Crippen LogP contribution in [0.2, 0.25) is 0 Å². The van der Waals surface area contributed by atoms with Crippen molar-refractivity contribution in [2.24, 2.45) is 0 Å². The van der Waals surface area contributed by atoms with Crippen LogP contribution in [-0.4, -0.2) is 37.2 Å². The number of carbonyl (C=O) groups excluding carboxylic acids is 3. The molecule has 0 aliphatic rings. The van der Waals surface area contributed by atoms with E-state index >= 15 is 0 Å². The van der Waals surface area contributed by atoms with E-state index in [1.54, 1.807) is 0 Å². The van der Waals surface area contributed by atoms with Gasteiger partial charge in [-0.2, -0.15) is 0 Å². The molecule has 0 aliphatic heterocycles. The van der Waals surface area contributed by atoms with Gasteiger partial charge in [-0.15, -0.1) is 0 Å². The zero-order valence-electron chi connectivity index (χ0n) is 48.8. The zero-order valence-corrected chi connectivity index (χ0v) is 48.8. The first-order chi connectivity index (χ1) is 36.5. The number of unbranched alkanes of at least 4 members (excludes halogenated alkanes) is 32. The Kier molecular flexibility index (Phi) is 59.3. The van der Waals surface area contributed by atoms with E-state index in [1.165, 1.54) is 148 Å². The van der Waals surface area contributed by atoms with Crippen LogP contribution in [0, 0.1) is 0 Å². The van der Waals surface area contributed by atoms with Crippen molar-refractivity contribution < 1.29 is 28.6 Å². The number of ether oxygens (including phenoxy) is 3. The largest absolute Gasteiger partial charge is 0.462 e. The van der Waals surface area contributed by atoms with E-state index in [-0.39, 0.29) is 31.1 Å². The molecule has 6 nitrogen and oxygen atoms in total. The summed E-state index contributed by atoms with van der Waals surface area (Å²) in [4.78, 5) is 38.3. The highest BCUT2D eigenvalue weighted by Gasteiger charge is 2.19. The minimum Gasteiger partial charge on any atom is -0.462 e. The second-order valence-electron chi connectivity index (χ2n) is 20.9. The molecule has 0 aromatic heterocycles. The highest BCUT2D eigenvalue weighted by atomic mass is 16.6. The second-order valence-corrected chi connectivity index (χ2v) is 20.9. The van der Waals surface area contributed by atoms with Gasteiger partial charge in [0.1, 0.15) is 13.2 Å². The molecule has 0 radical (unpaired) electrons. The van der Waals surface area contributed by atoms with Crippen molar-refractivity contribution in [2.45, 2.75) is 316 Å². The molecule has 0 aliphatic carbocycles. The zero-order chi connectivity index (χ0) is 53.6. The Labute approximate surface area is 458 Å². The predicted octanol–water partition coefficient (Wildman–Crippen LogP) is 21.5. The van der Waals surface area contributed by atoms with Crippen LogP contribution < -0.4 is 0 Å². The molecule has 0 N–H and O–H groups in total. The van der Waals surface area contributed by atoms with E-state index in [9.17, 15) is 14.4 Å². The van der Waals surface area contributed by atoms with E-state index < -0.39 is 6.10 Å². The second kappa shape index (κ2) is 62.1. The molecule has 0 fully saturated rings. The van der Waals surface area contributed by atoms with Gasteiger partial charge in [-0.1, -0.05) is 286 Å². The van der Waals surface area contributed by atoms with E-state index in [0.29, 0.717) is 19.3 Å². The molecule has 1 atom stereocenters. The first-order valence-electron chi connectivity index (χ1n) is 31.6. The fraction of sp³-hybridized carbons (Fsp3) is 0.750. The summed E-state index contributed by atoms with van der Waals surface area (Å²) >= 11 is 0. The third-order valence-electron chi connectivity index (χ3n) is 13.6. The summed E-state index contributed by atoms with van der Waals surface area (Å²) in [5, 5.41) is 0. The lowest BCUT2D eigenvalue weighted by Crippen LogP contribution is -2.30. The lowest BCUT2D eigenvalue weighted by molar-refractivity contribution is -0.167. The summed E-state index contributed by atoms with van der Waals surface area (Å²) in [6.45, 7) is 6.43. The third-order valence-corrected chi connectivity index (χ3v) is 13.6. The summed E-state index contributed by atoms with van der Waals surface area (Å²) in [7, 11) is 0. The summed E-state index contributed by atoms with van der Waals surface area (Å²) in [5.74, 6) is -0.885. The van der Waals surface area contributed by atoms with Gasteiger partial charge in [0.15, 0.2) is 6.10 Å². The van der Waals surface area contributed by atoms with Crippen molar-refractivity contribution in [3.8, 4) is 0 Å². The van der Waals surface area contributed by atoms with Crippen LogP contribution in [0.25, 0.3) is 0 Å². The van der Waals surface area contributed by atoms with E-state index in [0.717, 1.165) is 122 Å². The molecule has 0 rings (SSSR count). The average molecular weight is 1030 g/mol. The van der Waals surface area contributed by atoms with Crippen LogP contribution in [-0.2, 0) is 28.6 Å². The van der Waals surface area contributed by atoms with Gasteiger partial charge >= 0.3 is 17.9 Å². The van der Waals surface area contributed by atoms with E-state index in [4.69, 9.17) is 14.2 Å². The SMILES string of the molecule is CC/C=C\C/C=C\C/C=C\C/C=C\CCCCCCCCCCCCCCCCC(=O)OCC(COC(=O)CCCCCCCCCCCCCCCC)OC(=O)CCCCCCC/C=C\C/C=C\C/C=C\CC. The van der Waals surface area contributed by atoms with Gasteiger partial charge in [-0.25, -0.2) is 0 Å². The first kappa shape index (κ1) is 70.6. The number of hydrogen-bond acceptors (Lipinski definition) is 6. The smallest absolute Gasteiger partial charge is 0.306 e. The molecular weight excluding hydrogens is 913 g/mol. The van der Waals surface area contributed by atoms with Crippen molar-refractivity contribution in [3.63, 3.8) is 0 Å². The van der Waals surface area contributed by atoms with Crippen molar-refractivity contribution in [1.29, 1.82) is 0 Å². The van der Waals surface area contributed by atoms with Crippen LogP contribution in [0.15, 0.2) is 85.1 Å². The molecule has 0 aromatic carbocycles. The summed E-state index contributed by atoms with van der Waals surface area (Å²) in [5.41, 5.74) is 0. The predicted molar refractivity (Wildman–Crippen MR) is 321 cm³/mol. The number of carbonyl (C=O) groups is 3. The summed E-state index contributed by atoms with van der Waals surface area (Å²) < 4.78 is 16.9. The van der Waals surface area contributed by atoms with Gasteiger partial charge in [-0.05, 0) is 89.9 Å². The highest BCUT2D eigenvalue weighted by Crippen LogP contribution is 2.17. The number of allylic oxidation sites excluding steroid dienone is 14. The Balaban J connectivity index is 4.26. The van der Waals surface area contributed by atoms with Crippen molar-refractivity contribution in [3.05, 3.63) is 85.1 Å². The van der Waals surface area contributed by atoms with Crippen LogP contribution in [0.5, 0.6) is 0 Å². The van der Waals surface area contributed by atoms with Crippen molar-refractivity contribution >= 4 is 17.9 Å². The molecule has 0 saturated heterocycles. The average Bonchev–Trinajstić information content (AvgIpc) is 3.40. The van der Waals surface area contributed by atoms with Gasteiger partial charge in [-0.3, -0.25) is 14.4 Å². The fourth-order valence-corrected chi connectivity index (χ4v) is 8.98. The minimum atomic E-state index is -0.784. The first-order valence-corrected chi connectivity index (χ1v) is 31.6. The highest BCUT2D eigenvalue weighted by molar-refractivity contribution is 5.71. The Morgan fingerprint density at radius 1 is 0.284 bits per heavy atom. The molecule has 0 bridgehead atoms. The maximum Gasteiger partial charge on any atom is 0.306 e. The molecular formula is C68H118O6. The normalized spacial score (nSPS) is 12.6. The Bertz CT molecular complexity index is 1420. The monoisotopic (exact) mass is 1030 g/mol. The fourth-order valence-electron chi connectivity index (χ4n) is 8.98. The van der Waals surface area contributed by atoms with E-state index in [1.807, 2.05) is 0 Å². The van der Waals surface area contributed by atoms with E-state index in [2.05, 4.69) is 106 Å². The molecule has 0 saturated carbocycles. The molecule has 426 valence electrons. The maximum absolute atomic E-state index is 12.9. The van der Waals surface area contributed by atoms with Crippen LogP contribution in [0.4, 0.5) is 0 Å². The lowest BCUT2D eigenvalue weighted by atomic mass is 10.0. The standard InChI is InChI=1S/C68H118O6/c1-4-7-10-13-16-19-22-25-28-29-30-31-32-33-34-35-36-37-38-39-41-43-46-49-52-55-58-61-67(70)73-64-65(63-72-66(69)60-57-54-51-48-45-42-27-24-21-18-15-12-9-6-3)74-68(71)62-59-56-53-50-47-44-40-26-23-20-17-14-11-8-5-2/h7-8,10-11,16-17,19-20,25-26,28,30-31,40,65H,4-6,9,12-15,18,21-24,27,29,32-39,41-64H2,1-3H3/b10-7-,11-8-,19-16-,20-17-,28-25-,31-30-,40-26-. The van der Waals surface area contributed by atoms with Crippen LogP contribution in [0.1, 0.15) is 310 Å². The summed E-state index contributed by atoms with van der Waals surface area (Å²) in [6.07, 6.45) is 81.6. The molecule has 0 amide bonds.